The van der Waals surface area contributed by atoms with Crippen molar-refractivity contribution in [2.24, 2.45) is 11.7 Å². The van der Waals surface area contributed by atoms with Crippen LogP contribution in [0.15, 0.2) is 0 Å². The first-order chi connectivity index (χ1) is 5.65. The minimum absolute atomic E-state index is 0.323. The lowest BCUT2D eigenvalue weighted by Gasteiger charge is -2.27. The van der Waals surface area contributed by atoms with Gasteiger partial charge in [-0.3, -0.25) is 4.90 Å². The molecule has 1 rings (SSSR count). The molecule has 1 aliphatic rings. The van der Waals surface area contributed by atoms with Crippen LogP contribution in [0.3, 0.4) is 0 Å². The summed E-state index contributed by atoms with van der Waals surface area (Å²) >= 11 is 0. The van der Waals surface area contributed by atoms with Crippen LogP contribution in [0.2, 0.25) is 0 Å². The molecule has 1 aliphatic heterocycles. The Balaban J connectivity index is 2.43. The molecule has 0 spiro atoms. The van der Waals surface area contributed by atoms with Gasteiger partial charge in [-0.1, -0.05) is 13.8 Å². The van der Waals surface area contributed by atoms with Gasteiger partial charge in [0.2, 0.25) is 0 Å². The van der Waals surface area contributed by atoms with Gasteiger partial charge in [0, 0.05) is 18.6 Å². The molecule has 1 heterocycles. The van der Waals surface area contributed by atoms with Gasteiger partial charge in [0.1, 0.15) is 0 Å². The Kier molecular flexibility index (Phi) is 3.53. The van der Waals surface area contributed by atoms with E-state index in [2.05, 4.69) is 25.7 Å². The van der Waals surface area contributed by atoms with E-state index in [1.54, 1.807) is 0 Å². The van der Waals surface area contributed by atoms with E-state index in [1.165, 1.54) is 19.4 Å². The number of likely N-dealkylation sites (tertiary alicyclic amines) is 1. The highest BCUT2D eigenvalue weighted by molar-refractivity contribution is 4.84. The van der Waals surface area contributed by atoms with E-state index in [4.69, 9.17) is 5.73 Å². The van der Waals surface area contributed by atoms with Gasteiger partial charge in [-0.25, -0.2) is 0 Å². The molecule has 0 aromatic heterocycles. The molecule has 2 nitrogen and oxygen atoms in total. The topological polar surface area (TPSA) is 29.3 Å². The molecule has 0 bridgehead atoms. The molecule has 3 atom stereocenters. The lowest BCUT2D eigenvalue weighted by atomic mass is 10.0. The lowest BCUT2D eigenvalue weighted by Crippen LogP contribution is -2.39. The fourth-order valence-corrected chi connectivity index (χ4v) is 2.34. The summed E-state index contributed by atoms with van der Waals surface area (Å²) in [6, 6.07) is 1.11. The molecule has 0 aromatic carbocycles. The third-order valence-corrected chi connectivity index (χ3v) is 2.94. The van der Waals surface area contributed by atoms with E-state index in [0.29, 0.717) is 6.04 Å². The van der Waals surface area contributed by atoms with Crippen LogP contribution in [-0.2, 0) is 0 Å². The first kappa shape index (κ1) is 10.0. The number of rotatable bonds is 3. The summed E-state index contributed by atoms with van der Waals surface area (Å²) in [6.45, 7) is 9.05. The largest absolute Gasteiger partial charge is 0.327 e. The van der Waals surface area contributed by atoms with Gasteiger partial charge in [-0.2, -0.15) is 0 Å². The SMILES string of the molecule is CCC1C(C)CCN1CC(C)N. The van der Waals surface area contributed by atoms with Crippen molar-refractivity contribution < 1.29 is 0 Å². The van der Waals surface area contributed by atoms with Crippen molar-refractivity contribution in [2.75, 3.05) is 13.1 Å². The molecule has 3 unspecified atom stereocenters. The van der Waals surface area contributed by atoms with Crippen LogP contribution in [0.1, 0.15) is 33.6 Å². The molecule has 1 fully saturated rings. The monoisotopic (exact) mass is 170 g/mol. The Morgan fingerprint density at radius 3 is 2.75 bits per heavy atom. The van der Waals surface area contributed by atoms with Gasteiger partial charge in [0.15, 0.2) is 0 Å². The van der Waals surface area contributed by atoms with E-state index in [9.17, 15) is 0 Å². The standard InChI is InChI=1S/C10H22N2/c1-4-10-8(2)5-6-12(10)7-9(3)11/h8-10H,4-7,11H2,1-3H3. The molecule has 0 aliphatic carbocycles. The fourth-order valence-electron chi connectivity index (χ4n) is 2.34. The molecule has 0 aromatic rings. The minimum atomic E-state index is 0.323. The zero-order chi connectivity index (χ0) is 9.14. The van der Waals surface area contributed by atoms with Crippen molar-refractivity contribution in [1.82, 2.24) is 4.90 Å². The number of nitrogens with two attached hydrogens (primary N) is 1. The van der Waals surface area contributed by atoms with Crippen LogP contribution in [-0.4, -0.2) is 30.1 Å². The summed E-state index contributed by atoms with van der Waals surface area (Å²) in [5.74, 6) is 0.869. The van der Waals surface area contributed by atoms with Gasteiger partial charge in [0.25, 0.3) is 0 Å². The van der Waals surface area contributed by atoms with E-state index in [1.807, 2.05) is 0 Å². The number of hydrogen-bond acceptors (Lipinski definition) is 2. The zero-order valence-electron chi connectivity index (χ0n) is 8.59. The third kappa shape index (κ3) is 2.20. The lowest BCUT2D eigenvalue weighted by molar-refractivity contribution is 0.216. The summed E-state index contributed by atoms with van der Waals surface area (Å²) in [4.78, 5) is 2.55. The Morgan fingerprint density at radius 2 is 2.25 bits per heavy atom. The van der Waals surface area contributed by atoms with Crippen LogP contribution >= 0.6 is 0 Å². The number of hydrogen-bond donors (Lipinski definition) is 1. The second kappa shape index (κ2) is 4.24. The van der Waals surface area contributed by atoms with Crippen LogP contribution in [0.4, 0.5) is 0 Å². The fraction of sp³-hybridized carbons (Fsp3) is 1.00. The van der Waals surface area contributed by atoms with Gasteiger partial charge in [0.05, 0.1) is 0 Å². The summed E-state index contributed by atoms with van der Waals surface area (Å²) < 4.78 is 0. The summed E-state index contributed by atoms with van der Waals surface area (Å²) in [6.07, 6.45) is 2.62. The molecule has 72 valence electrons. The molecule has 2 heteroatoms. The van der Waals surface area contributed by atoms with E-state index < -0.39 is 0 Å². The maximum absolute atomic E-state index is 5.79. The molecule has 2 N–H and O–H groups in total. The van der Waals surface area contributed by atoms with Crippen molar-refractivity contribution in [2.45, 2.75) is 45.7 Å². The van der Waals surface area contributed by atoms with Crippen molar-refractivity contribution in [3.63, 3.8) is 0 Å². The van der Waals surface area contributed by atoms with Gasteiger partial charge in [-0.05, 0) is 32.2 Å². The summed E-state index contributed by atoms with van der Waals surface area (Å²) in [5.41, 5.74) is 5.79. The van der Waals surface area contributed by atoms with Crippen molar-refractivity contribution in [3.8, 4) is 0 Å². The van der Waals surface area contributed by atoms with Crippen molar-refractivity contribution in [1.29, 1.82) is 0 Å². The second-order valence-corrected chi connectivity index (χ2v) is 4.21. The third-order valence-electron chi connectivity index (χ3n) is 2.94. The molecular weight excluding hydrogens is 148 g/mol. The van der Waals surface area contributed by atoms with Crippen molar-refractivity contribution >= 4 is 0 Å². The summed E-state index contributed by atoms with van der Waals surface area (Å²) in [5, 5.41) is 0. The Bertz CT molecular complexity index is 134. The summed E-state index contributed by atoms with van der Waals surface area (Å²) in [7, 11) is 0. The van der Waals surface area contributed by atoms with Crippen molar-refractivity contribution in [3.05, 3.63) is 0 Å². The maximum atomic E-state index is 5.79. The predicted molar refractivity (Wildman–Crippen MR) is 53.1 cm³/mol. The molecule has 0 amide bonds. The average molecular weight is 170 g/mol. The van der Waals surface area contributed by atoms with E-state index in [0.717, 1.165) is 18.5 Å². The number of nitrogens with zero attached hydrogens (tertiary/aromatic N) is 1. The molecule has 0 radical (unpaired) electrons. The van der Waals surface area contributed by atoms with Crippen LogP contribution in [0, 0.1) is 5.92 Å². The smallest absolute Gasteiger partial charge is 0.0139 e. The Labute approximate surface area is 76.1 Å². The molecule has 0 saturated carbocycles. The van der Waals surface area contributed by atoms with Gasteiger partial charge < -0.3 is 5.73 Å². The first-order valence-electron chi connectivity index (χ1n) is 5.14. The highest BCUT2D eigenvalue weighted by Crippen LogP contribution is 2.25. The van der Waals surface area contributed by atoms with Gasteiger partial charge >= 0.3 is 0 Å². The van der Waals surface area contributed by atoms with Crippen LogP contribution < -0.4 is 5.73 Å². The average Bonchev–Trinajstić information content (AvgIpc) is 2.30. The van der Waals surface area contributed by atoms with Gasteiger partial charge in [-0.15, -0.1) is 0 Å². The predicted octanol–water partition coefficient (Wildman–Crippen LogP) is 1.45. The van der Waals surface area contributed by atoms with Crippen LogP contribution in [0.5, 0.6) is 0 Å². The molecule has 1 saturated heterocycles. The molecule has 12 heavy (non-hydrogen) atoms. The van der Waals surface area contributed by atoms with E-state index >= 15 is 0 Å². The maximum Gasteiger partial charge on any atom is 0.0139 e. The Morgan fingerprint density at radius 1 is 1.58 bits per heavy atom. The normalized spacial score (nSPS) is 34.0. The highest BCUT2D eigenvalue weighted by Gasteiger charge is 2.29. The second-order valence-electron chi connectivity index (χ2n) is 4.21. The quantitative estimate of drug-likeness (QED) is 0.694. The minimum Gasteiger partial charge on any atom is -0.327 e. The van der Waals surface area contributed by atoms with Crippen LogP contribution in [0.25, 0.3) is 0 Å². The zero-order valence-corrected chi connectivity index (χ0v) is 8.59. The molecular formula is C10H22N2. The first-order valence-corrected chi connectivity index (χ1v) is 5.14. The Hall–Kier alpha value is -0.0800. The van der Waals surface area contributed by atoms with E-state index in [-0.39, 0.29) is 0 Å². The highest BCUT2D eigenvalue weighted by atomic mass is 15.2.